The van der Waals surface area contributed by atoms with Crippen molar-refractivity contribution in [2.75, 3.05) is 14.2 Å². The molecule has 1 fully saturated rings. The SMILES string of the molecule is CCc1ccc(CC(NC)C2(OC)CCCC2)cc1. The molecule has 1 aliphatic rings. The number of likely N-dealkylation sites (N-methyl/N-ethyl adjacent to an activating group) is 1. The van der Waals surface area contributed by atoms with Crippen LogP contribution in [-0.4, -0.2) is 25.8 Å². The van der Waals surface area contributed by atoms with Gasteiger partial charge in [0, 0.05) is 13.2 Å². The van der Waals surface area contributed by atoms with Crippen molar-refractivity contribution in [3.05, 3.63) is 35.4 Å². The highest BCUT2D eigenvalue weighted by Gasteiger charge is 2.40. The molecule has 0 bridgehead atoms. The van der Waals surface area contributed by atoms with Crippen LogP contribution in [-0.2, 0) is 17.6 Å². The fraction of sp³-hybridized carbons (Fsp3) is 0.647. The lowest BCUT2D eigenvalue weighted by Gasteiger charge is -2.36. The van der Waals surface area contributed by atoms with Gasteiger partial charge in [-0.05, 0) is 43.9 Å². The molecule has 1 aromatic rings. The smallest absolute Gasteiger partial charge is 0.0834 e. The molecule has 2 nitrogen and oxygen atoms in total. The van der Waals surface area contributed by atoms with E-state index in [1.807, 2.05) is 7.11 Å². The number of rotatable bonds is 6. The highest BCUT2D eigenvalue weighted by Crippen LogP contribution is 2.36. The lowest BCUT2D eigenvalue weighted by molar-refractivity contribution is -0.0336. The van der Waals surface area contributed by atoms with E-state index < -0.39 is 0 Å². The summed E-state index contributed by atoms with van der Waals surface area (Å²) in [7, 11) is 3.93. The third kappa shape index (κ3) is 3.18. The minimum Gasteiger partial charge on any atom is -0.377 e. The number of nitrogens with one attached hydrogen (secondary N) is 1. The molecule has 0 aromatic heterocycles. The molecule has 0 heterocycles. The molecule has 1 unspecified atom stereocenters. The summed E-state index contributed by atoms with van der Waals surface area (Å²) in [5, 5.41) is 3.49. The Morgan fingerprint density at radius 3 is 2.21 bits per heavy atom. The summed E-state index contributed by atoms with van der Waals surface area (Å²) >= 11 is 0. The maximum atomic E-state index is 5.91. The largest absolute Gasteiger partial charge is 0.377 e. The van der Waals surface area contributed by atoms with E-state index in [1.165, 1.54) is 36.8 Å². The number of methoxy groups -OCH3 is 1. The summed E-state index contributed by atoms with van der Waals surface area (Å²) in [6.45, 7) is 2.20. The summed E-state index contributed by atoms with van der Waals surface area (Å²) < 4.78 is 5.91. The second-order valence-electron chi connectivity index (χ2n) is 5.69. The van der Waals surface area contributed by atoms with Gasteiger partial charge in [-0.1, -0.05) is 44.0 Å². The van der Waals surface area contributed by atoms with E-state index in [2.05, 4.69) is 43.6 Å². The Hall–Kier alpha value is -0.860. The van der Waals surface area contributed by atoms with Gasteiger partial charge in [-0.25, -0.2) is 0 Å². The molecule has 1 saturated carbocycles. The van der Waals surface area contributed by atoms with E-state index in [4.69, 9.17) is 4.74 Å². The average molecular weight is 261 g/mol. The van der Waals surface area contributed by atoms with Gasteiger partial charge < -0.3 is 10.1 Å². The fourth-order valence-corrected chi connectivity index (χ4v) is 3.37. The molecular formula is C17H27NO. The van der Waals surface area contributed by atoms with Crippen LogP contribution in [0.15, 0.2) is 24.3 Å². The molecule has 0 amide bonds. The topological polar surface area (TPSA) is 21.3 Å². The van der Waals surface area contributed by atoms with Crippen molar-refractivity contribution < 1.29 is 4.74 Å². The summed E-state index contributed by atoms with van der Waals surface area (Å²) in [6, 6.07) is 9.43. The van der Waals surface area contributed by atoms with E-state index in [-0.39, 0.29) is 5.60 Å². The van der Waals surface area contributed by atoms with Crippen LogP contribution >= 0.6 is 0 Å². The van der Waals surface area contributed by atoms with Crippen molar-refractivity contribution in [1.82, 2.24) is 5.32 Å². The van der Waals surface area contributed by atoms with E-state index in [0.29, 0.717) is 6.04 Å². The zero-order valence-corrected chi connectivity index (χ0v) is 12.5. The summed E-state index contributed by atoms with van der Waals surface area (Å²) in [5.74, 6) is 0. The van der Waals surface area contributed by atoms with Crippen molar-refractivity contribution >= 4 is 0 Å². The Bertz CT molecular complexity index is 379. The molecule has 0 saturated heterocycles. The number of hydrogen-bond acceptors (Lipinski definition) is 2. The van der Waals surface area contributed by atoms with Gasteiger partial charge >= 0.3 is 0 Å². The van der Waals surface area contributed by atoms with Gasteiger partial charge in [0.25, 0.3) is 0 Å². The molecule has 1 aliphatic carbocycles. The zero-order valence-electron chi connectivity index (χ0n) is 12.5. The van der Waals surface area contributed by atoms with Crippen LogP contribution in [0.5, 0.6) is 0 Å². The van der Waals surface area contributed by atoms with Crippen LogP contribution in [0.2, 0.25) is 0 Å². The van der Waals surface area contributed by atoms with Gasteiger partial charge in [-0.15, -0.1) is 0 Å². The van der Waals surface area contributed by atoms with Crippen LogP contribution in [0.4, 0.5) is 0 Å². The molecule has 1 N–H and O–H groups in total. The minimum absolute atomic E-state index is 0.0399. The number of ether oxygens (including phenoxy) is 1. The molecule has 2 rings (SSSR count). The van der Waals surface area contributed by atoms with E-state index in [9.17, 15) is 0 Å². The molecule has 0 aliphatic heterocycles. The first-order valence-corrected chi connectivity index (χ1v) is 7.54. The van der Waals surface area contributed by atoms with Crippen molar-refractivity contribution in [3.8, 4) is 0 Å². The van der Waals surface area contributed by atoms with Gasteiger partial charge in [-0.2, -0.15) is 0 Å². The van der Waals surface area contributed by atoms with Crippen LogP contribution in [0, 0.1) is 0 Å². The maximum Gasteiger partial charge on any atom is 0.0834 e. The molecule has 1 atom stereocenters. The lowest BCUT2D eigenvalue weighted by atomic mass is 9.87. The predicted molar refractivity (Wildman–Crippen MR) is 80.6 cm³/mol. The van der Waals surface area contributed by atoms with Crippen molar-refractivity contribution in [3.63, 3.8) is 0 Å². The van der Waals surface area contributed by atoms with Crippen molar-refractivity contribution in [2.24, 2.45) is 0 Å². The van der Waals surface area contributed by atoms with E-state index >= 15 is 0 Å². The fourth-order valence-electron chi connectivity index (χ4n) is 3.37. The van der Waals surface area contributed by atoms with Gasteiger partial charge in [0.15, 0.2) is 0 Å². The lowest BCUT2D eigenvalue weighted by Crippen LogP contribution is -2.50. The van der Waals surface area contributed by atoms with Crippen LogP contribution in [0.25, 0.3) is 0 Å². The zero-order chi connectivity index (χ0) is 13.7. The third-order valence-corrected chi connectivity index (χ3v) is 4.71. The molecule has 0 spiro atoms. The van der Waals surface area contributed by atoms with Crippen LogP contribution in [0.3, 0.4) is 0 Å². The monoisotopic (exact) mass is 261 g/mol. The molecule has 19 heavy (non-hydrogen) atoms. The normalized spacial score (nSPS) is 19.5. The van der Waals surface area contributed by atoms with Gasteiger partial charge in [-0.3, -0.25) is 0 Å². The predicted octanol–water partition coefficient (Wildman–Crippen LogP) is 3.34. The average Bonchev–Trinajstić information content (AvgIpc) is 2.95. The maximum absolute atomic E-state index is 5.91. The highest BCUT2D eigenvalue weighted by molar-refractivity contribution is 5.24. The number of benzene rings is 1. The van der Waals surface area contributed by atoms with Gasteiger partial charge in [0.1, 0.15) is 0 Å². The quantitative estimate of drug-likeness (QED) is 0.848. The number of aryl methyl sites for hydroxylation is 1. The Kier molecular flexibility index (Phi) is 5.00. The first kappa shape index (κ1) is 14.5. The first-order chi connectivity index (χ1) is 9.24. The summed E-state index contributed by atoms with van der Waals surface area (Å²) in [5.41, 5.74) is 2.85. The Balaban J connectivity index is 2.09. The molecule has 1 aromatic carbocycles. The van der Waals surface area contributed by atoms with Crippen LogP contribution in [0.1, 0.15) is 43.7 Å². The first-order valence-electron chi connectivity index (χ1n) is 7.54. The standard InChI is InChI=1S/C17H27NO/c1-4-14-7-9-15(10-8-14)13-16(18-2)17(19-3)11-5-6-12-17/h7-10,16,18H,4-6,11-13H2,1-3H3. The number of hydrogen-bond donors (Lipinski definition) is 1. The molecule has 106 valence electrons. The van der Waals surface area contributed by atoms with Gasteiger partial charge in [0.05, 0.1) is 5.60 Å². The second kappa shape index (κ2) is 6.53. The Morgan fingerprint density at radius 1 is 1.16 bits per heavy atom. The summed E-state index contributed by atoms with van der Waals surface area (Å²) in [4.78, 5) is 0. The van der Waals surface area contributed by atoms with Crippen molar-refractivity contribution in [1.29, 1.82) is 0 Å². The van der Waals surface area contributed by atoms with Crippen LogP contribution < -0.4 is 5.32 Å². The molecule has 0 radical (unpaired) electrons. The van der Waals surface area contributed by atoms with Crippen molar-refractivity contribution in [2.45, 2.75) is 57.1 Å². The second-order valence-corrected chi connectivity index (χ2v) is 5.69. The molecule has 2 heteroatoms. The molecular weight excluding hydrogens is 234 g/mol. The highest BCUT2D eigenvalue weighted by atomic mass is 16.5. The summed E-state index contributed by atoms with van der Waals surface area (Å²) in [6.07, 6.45) is 7.11. The Labute approximate surface area is 117 Å². The Morgan fingerprint density at radius 2 is 1.74 bits per heavy atom. The van der Waals surface area contributed by atoms with E-state index in [0.717, 1.165) is 12.8 Å². The minimum atomic E-state index is 0.0399. The van der Waals surface area contributed by atoms with Gasteiger partial charge in [0.2, 0.25) is 0 Å². The third-order valence-electron chi connectivity index (χ3n) is 4.71. The van der Waals surface area contributed by atoms with E-state index in [1.54, 1.807) is 0 Å².